The number of likely N-dealkylation sites (tertiary alicyclic amines) is 1. The molecule has 0 bridgehead atoms. The largest absolute Gasteiger partial charge is 0.465 e. The summed E-state index contributed by atoms with van der Waals surface area (Å²) in [5.41, 5.74) is 1.23. The number of carbonyl (C=O) groups excluding carboxylic acids is 1. The quantitative estimate of drug-likeness (QED) is 0.795. The summed E-state index contributed by atoms with van der Waals surface area (Å²) in [6.45, 7) is 4.10. The van der Waals surface area contributed by atoms with Crippen LogP contribution < -0.4 is 0 Å². The third kappa shape index (κ3) is 4.05. The maximum absolute atomic E-state index is 12.0. The highest BCUT2D eigenvalue weighted by Crippen LogP contribution is 2.22. The number of rotatable bonds is 4. The van der Waals surface area contributed by atoms with Crippen LogP contribution in [-0.2, 0) is 16.1 Å². The van der Waals surface area contributed by atoms with Crippen molar-refractivity contribution >= 4 is 21.9 Å². The third-order valence-corrected chi connectivity index (χ3v) is 3.94. The normalized spacial score (nSPS) is 20.2. The van der Waals surface area contributed by atoms with Crippen molar-refractivity contribution in [1.29, 1.82) is 0 Å². The first-order chi connectivity index (χ1) is 9.20. The predicted molar refractivity (Wildman–Crippen MR) is 78.8 cm³/mol. The van der Waals surface area contributed by atoms with E-state index in [1.807, 2.05) is 19.1 Å². The summed E-state index contributed by atoms with van der Waals surface area (Å²) in [7, 11) is 0. The molecule has 1 aromatic rings. The topological polar surface area (TPSA) is 29.5 Å². The molecule has 4 heteroatoms. The van der Waals surface area contributed by atoms with Crippen LogP contribution in [0.1, 0.15) is 31.7 Å². The first-order valence-electron chi connectivity index (χ1n) is 6.86. The minimum Gasteiger partial charge on any atom is -0.465 e. The average molecular weight is 326 g/mol. The van der Waals surface area contributed by atoms with Gasteiger partial charge in [0.05, 0.1) is 6.61 Å². The van der Waals surface area contributed by atoms with Crippen molar-refractivity contribution in [3.05, 3.63) is 34.3 Å². The van der Waals surface area contributed by atoms with Crippen LogP contribution in [-0.4, -0.2) is 30.1 Å². The Balaban J connectivity index is 2.05. The summed E-state index contributed by atoms with van der Waals surface area (Å²) in [6.07, 6.45) is 3.18. The van der Waals surface area contributed by atoms with Gasteiger partial charge in [-0.15, -0.1) is 0 Å². The number of hydrogen-bond donors (Lipinski definition) is 0. The highest BCUT2D eigenvalue weighted by atomic mass is 79.9. The Morgan fingerprint density at radius 3 is 3.05 bits per heavy atom. The van der Waals surface area contributed by atoms with Gasteiger partial charge in [-0.2, -0.15) is 0 Å². The minimum absolute atomic E-state index is 0.0720. The van der Waals surface area contributed by atoms with Gasteiger partial charge in [0.1, 0.15) is 6.04 Å². The van der Waals surface area contributed by atoms with E-state index in [0.717, 1.165) is 36.8 Å². The van der Waals surface area contributed by atoms with Crippen LogP contribution in [0.4, 0.5) is 0 Å². The molecule has 1 aliphatic rings. The van der Waals surface area contributed by atoms with Gasteiger partial charge in [0, 0.05) is 11.0 Å². The van der Waals surface area contributed by atoms with Crippen molar-refractivity contribution < 1.29 is 9.53 Å². The number of esters is 1. The smallest absolute Gasteiger partial charge is 0.323 e. The molecule has 1 atom stereocenters. The number of ether oxygens (including phenoxy) is 1. The van der Waals surface area contributed by atoms with E-state index in [2.05, 4.69) is 33.0 Å². The third-order valence-electron chi connectivity index (χ3n) is 3.45. The number of carbonyl (C=O) groups is 1. The van der Waals surface area contributed by atoms with Crippen LogP contribution in [0.15, 0.2) is 28.7 Å². The summed E-state index contributed by atoms with van der Waals surface area (Å²) >= 11 is 3.49. The molecule has 19 heavy (non-hydrogen) atoms. The zero-order chi connectivity index (χ0) is 13.7. The van der Waals surface area contributed by atoms with Gasteiger partial charge in [0.15, 0.2) is 0 Å². The second kappa shape index (κ2) is 7.06. The second-order valence-corrected chi connectivity index (χ2v) is 5.78. The monoisotopic (exact) mass is 325 g/mol. The first kappa shape index (κ1) is 14.5. The molecule has 0 radical (unpaired) electrons. The molecule has 3 nitrogen and oxygen atoms in total. The predicted octanol–water partition coefficient (Wildman–Crippen LogP) is 3.37. The summed E-state index contributed by atoms with van der Waals surface area (Å²) in [6, 6.07) is 8.18. The Morgan fingerprint density at radius 1 is 1.47 bits per heavy atom. The van der Waals surface area contributed by atoms with Crippen molar-refractivity contribution in [3.63, 3.8) is 0 Å². The van der Waals surface area contributed by atoms with Gasteiger partial charge >= 0.3 is 5.97 Å². The number of benzene rings is 1. The molecule has 0 aliphatic carbocycles. The zero-order valence-electron chi connectivity index (χ0n) is 11.3. The number of hydrogen-bond acceptors (Lipinski definition) is 3. The molecule has 1 aliphatic heterocycles. The molecular weight excluding hydrogens is 306 g/mol. The highest BCUT2D eigenvalue weighted by Gasteiger charge is 2.29. The van der Waals surface area contributed by atoms with E-state index in [1.54, 1.807) is 0 Å². The lowest BCUT2D eigenvalue weighted by Crippen LogP contribution is -2.44. The Kier molecular flexibility index (Phi) is 5.40. The lowest BCUT2D eigenvalue weighted by Gasteiger charge is -2.33. The van der Waals surface area contributed by atoms with Crippen molar-refractivity contribution in [2.45, 2.75) is 38.8 Å². The van der Waals surface area contributed by atoms with Crippen molar-refractivity contribution in [1.82, 2.24) is 4.90 Å². The van der Waals surface area contributed by atoms with E-state index in [9.17, 15) is 4.79 Å². The fraction of sp³-hybridized carbons (Fsp3) is 0.533. The van der Waals surface area contributed by atoms with E-state index in [4.69, 9.17) is 4.74 Å². The molecule has 0 N–H and O–H groups in total. The van der Waals surface area contributed by atoms with Crippen LogP contribution in [0, 0.1) is 0 Å². The van der Waals surface area contributed by atoms with E-state index in [0.29, 0.717) is 6.61 Å². The lowest BCUT2D eigenvalue weighted by atomic mass is 10.0. The molecule has 1 heterocycles. The molecule has 0 saturated carbocycles. The Hall–Kier alpha value is -0.870. The van der Waals surface area contributed by atoms with Gasteiger partial charge in [-0.05, 0) is 44.0 Å². The number of halogens is 1. The van der Waals surface area contributed by atoms with Gasteiger partial charge in [-0.1, -0.05) is 34.5 Å². The van der Waals surface area contributed by atoms with Gasteiger partial charge in [0.25, 0.3) is 0 Å². The first-order valence-corrected chi connectivity index (χ1v) is 7.65. The van der Waals surface area contributed by atoms with Crippen LogP contribution in [0.25, 0.3) is 0 Å². The van der Waals surface area contributed by atoms with Crippen molar-refractivity contribution in [2.24, 2.45) is 0 Å². The molecule has 104 valence electrons. The molecule has 0 aromatic heterocycles. The second-order valence-electron chi connectivity index (χ2n) is 4.86. The molecule has 2 rings (SSSR count). The van der Waals surface area contributed by atoms with E-state index >= 15 is 0 Å². The number of nitrogens with zero attached hydrogens (tertiary/aromatic N) is 1. The molecule has 1 saturated heterocycles. The summed E-state index contributed by atoms with van der Waals surface area (Å²) in [5, 5.41) is 0. The van der Waals surface area contributed by atoms with Crippen molar-refractivity contribution in [3.8, 4) is 0 Å². The summed E-state index contributed by atoms with van der Waals surface area (Å²) in [5.74, 6) is -0.0720. The maximum atomic E-state index is 12.0. The Morgan fingerprint density at radius 2 is 2.32 bits per heavy atom. The molecular formula is C15H20BrNO2. The standard InChI is InChI=1S/C15H20BrNO2/c1-2-19-15(18)14-8-3-4-9-17(14)11-12-6-5-7-13(16)10-12/h5-7,10,14H,2-4,8-9,11H2,1H3. The Labute approximate surface area is 123 Å². The molecule has 0 spiro atoms. The van der Waals surface area contributed by atoms with Gasteiger partial charge < -0.3 is 4.74 Å². The van der Waals surface area contributed by atoms with Crippen LogP contribution in [0.5, 0.6) is 0 Å². The fourth-order valence-corrected chi connectivity index (χ4v) is 3.00. The molecule has 1 aromatic carbocycles. The van der Waals surface area contributed by atoms with Crippen molar-refractivity contribution in [2.75, 3.05) is 13.2 Å². The summed E-state index contributed by atoms with van der Waals surface area (Å²) in [4.78, 5) is 14.2. The van der Waals surface area contributed by atoms with Crippen LogP contribution >= 0.6 is 15.9 Å². The van der Waals surface area contributed by atoms with Gasteiger partial charge in [0.2, 0.25) is 0 Å². The highest BCUT2D eigenvalue weighted by molar-refractivity contribution is 9.10. The van der Waals surface area contributed by atoms with Crippen LogP contribution in [0.2, 0.25) is 0 Å². The average Bonchev–Trinajstić information content (AvgIpc) is 2.39. The number of piperidine rings is 1. The molecule has 1 fully saturated rings. The van der Waals surface area contributed by atoms with E-state index < -0.39 is 0 Å². The van der Waals surface area contributed by atoms with Gasteiger partial charge in [-0.3, -0.25) is 9.69 Å². The fourth-order valence-electron chi connectivity index (χ4n) is 2.56. The van der Waals surface area contributed by atoms with E-state index in [-0.39, 0.29) is 12.0 Å². The molecule has 1 unspecified atom stereocenters. The Bertz CT molecular complexity index is 436. The molecule has 0 amide bonds. The van der Waals surface area contributed by atoms with Gasteiger partial charge in [-0.25, -0.2) is 0 Å². The lowest BCUT2D eigenvalue weighted by molar-refractivity contribution is -0.151. The minimum atomic E-state index is -0.0762. The van der Waals surface area contributed by atoms with E-state index in [1.165, 1.54) is 5.56 Å². The van der Waals surface area contributed by atoms with Crippen LogP contribution in [0.3, 0.4) is 0 Å². The zero-order valence-corrected chi connectivity index (χ0v) is 12.9. The SMILES string of the molecule is CCOC(=O)C1CCCCN1Cc1cccc(Br)c1. The maximum Gasteiger partial charge on any atom is 0.323 e. The summed E-state index contributed by atoms with van der Waals surface area (Å²) < 4.78 is 6.26.